The van der Waals surface area contributed by atoms with Crippen molar-refractivity contribution >= 4 is 5.69 Å². The second-order valence-corrected chi connectivity index (χ2v) is 5.43. The lowest BCUT2D eigenvalue weighted by molar-refractivity contribution is -0.137. The molecule has 20 heavy (non-hydrogen) atoms. The number of hydrogen-bond donors (Lipinski definition) is 1. The molecule has 0 atom stereocenters. The van der Waals surface area contributed by atoms with Gasteiger partial charge in [0.1, 0.15) is 0 Å². The van der Waals surface area contributed by atoms with Crippen LogP contribution >= 0.6 is 0 Å². The summed E-state index contributed by atoms with van der Waals surface area (Å²) >= 11 is 0. The van der Waals surface area contributed by atoms with Crippen molar-refractivity contribution < 1.29 is 13.2 Å². The summed E-state index contributed by atoms with van der Waals surface area (Å²) < 4.78 is 38.0. The van der Waals surface area contributed by atoms with Crippen LogP contribution < -0.4 is 5.32 Å². The molecule has 3 nitrogen and oxygen atoms in total. The lowest BCUT2D eigenvalue weighted by Gasteiger charge is -2.33. The molecule has 0 aromatic heterocycles. The molecule has 110 valence electrons. The predicted molar refractivity (Wildman–Crippen MR) is 72.4 cm³/mol. The Bertz CT molecular complexity index is 513. The smallest absolute Gasteiger partial charge is 0.383 e. The molecule has 0 heterocycles. The van der Waals surface area contributed by atoms with Crippen molar-refractivity contribution in [3.63, 3.8) is 0 Å². The fraction of sp³-hybridized carbons (Fsp3) is 0.500. The molecule has 1 N–H and O–H groups in total. The molecular formula is C14H18F3N3. The maximum absolute atomic E-state index is 12.7. The van der Waals surface area contributed by atoms with Gasteiger partial charge in [-0.2, -0.15) is 18.4 Å². The first-order valence-electron chi connectivity index (χ1n) is 6.10. The molecule has 0 saturated heterocycles. The van der Waals surface area contributed by atoms with Gasteiger partial charge in [0.2, 0.25) is 0 Å². The molecule has 0 amide bonds. The highest BCUT2D eigenvalue weighted by molar-refractivity contribution is 5.53. The molecule has 0 aliphatic heterocycles. The van der Waals surface area contributed by atoms with Gasteiger partial charge in [-0.1, -0.05) is 0 Å². The third kappa shape index (κ3) is 3.87. The number of nitrogens with zero attached hydrogens (tertiary/aromatic N) is 2. The van der Waals surface area contributed by atoms with Gasteiger partial charge in [-0.3, -0.25) is 0 Å². The molecule has 0 unspecified atom stereocenters. The van der Waals surface area contributed by atoms with Crippen LogP contribution in [0.15, 0.2) is 18.2 Å². The van der Waals surface area contributed by atoms with Crippen LogP contribution in [0.2, 0.25) is 0 Å². The number of nitrogens with one attached hydrogen (secondary N) is 1. The average Bonchev–Trinajstić information content (AvgIpc) is 2.34. The van der Waals surface area contributed by atoms with Crippen LogP contribution in [0.3, 0.4) is 0 Å². The van der Waals surface area contributed by atoms with E-state index in [1.54, 1.807) is 6.07 Å². The third-order valence-corrected chi connectivity index (χ3v) is 3.38. The van der Waals surface area contributed by atoms with E-state index in [0.717, 1.165) is 6.07 Å². The Labute approximate surface area is 117 Å². The van der Waals surface area contributed by atoms with Gasteiger partial charge in [0.05, 0.1) is 17.2 Å². The SMILES string of the molecule is CN(C)C(C)(C)CNc1ccc(C(F)(F)F)c(C#N)c1. The normalized spacial score (nSPS) is 12.3. The fourth-order valence-corrected chi connectivity index (χ4v) is 1.47. The van der Waals surface area contributed by atoms with E-state index in [-0.39, 0.29) is 11.1 Å². The highest BCUT2D eigenvalue weighted by Crippen LogP contribution is 2.33. The predicted octanol–water partition coefficient (Wildman–Crippen LogP) is 3.33. The van der Waals surface area contributed by atoms with E-state index >= 15 is 0 Å². The molecule has 1 aromatic rings. The first kappa shape index (κ1) is 16.3. The Hall–Kier alpha value is -1.74. The number of hydrogen-bond acceptors (Lipinski definition) is 3. The highest BCUT2D eigenvalue weighted by Gasteiger charge is 2.33. The Kier molecular flexibility index (Phi) is 4.66. The van der Waals surface area contributed by atoms with Crippen molar-refractivity contribution in [1.82, 2.24) is 4.90 Å². The monoisotopic (exact) mass is 285 g/mol. The van der Waals surface area contributed by atoms with Crippen molar-refractivity contribution in [2.45, 2.75) is 25.6 Å². The number of likely N-dealkylation sites (N-methyl/N-ethyl adjacent to an activating group) is 1. The zero-order valence-corrected chi connectivity index (χ0v) is 12.0. The van der Waals surface area contributed by atoms with Crippen molar-refractivity contribution in [3.8, 4) is 6.07 Å². The van der Waals surface area contributed by atoms with E-state index in [4.69, 9.17) is 5.26 Å². The second kappa shape index (κ2) is 5.71. The van der Waals surface area contributed by atoms with Crippen molar-refractivity contribution in [3.05, 3.63) is 29.3 Å². The van der Waals surface area contributed by atoms with E-state index in [2.05, 4.69) is 5.32 Å². The van der Waals surface area contributed by atoms with E-state index in [9.17, 15) is 13.2 Å². The summed E-state index contributed by atoms with van der Waals surface area (Å²) in [4.78, 5) is 2.01. The van der Waals surface area contributed by atoms with Crippen LogP contribution in [-0.4, -0.2) is 31.1 Å². The lowest BCUT2D eigenvalue weighted by atomic mass is 10.0. The van der Waals surface area contributed by atoms with Crippen LogP contribution in [0, 0.1) is 11.3 Å². The first-order chi connectivity index (χ1) is 9.08. The Morgan fingerprint density at radius 3 is 2.30 bits per heavy atom. The van der Waals surface area contributed by atoms with Crippen molar-refractivity contribution in [1.29, 1.82) is 5.26 Å². The van der Waals surface area contributed by atoms with E-state index in [1.165, 1.54) is 12.1 Å². The van der Waals surface area contributed by atoms with Gasteiger partial charge in [0.25, 0.3) is 0 Å². The minimum absolute atomic E-state index is 0.157. The number of nitriles is 1. The van der Waals surface area contributed by atoms with Gasteiger partial charge in [-0.05, 0) is 46.1 Å². The van der Waals surface area contributed by atoms with E-state index in [1.807, 2.05) is 32.8 Å². The Morgan fingerprint density at radius 1 is 1.25 bits per heavy atom. The van der Waals surface area contributed by atoms with Crippen LogP contribution in [0.1, 0.15) is 25.0 Å². The molecule has 0 aliphatic carbocycles. The maximum atomic E-state index is 12.7. The summed E-state index contributed by atoms with van der Waals surface area (Å²) in [6.45, 7) is 4.57. The minimum atomic E-state index is -4.51. The zero-order valence-electron chi connectivity index (χ0n) is 12.0. The quantitative estimate of drug-likeness (QED) is 0.922. The molecule has 0 saturated carbocycles. The van der Waals surface area contributed by atoms with Crippen molar-refractivity contribution in [2.24, 2.45) is 0 Å². The summed E-state index contributed by atoms with van der Waals surface area (Å²) in [6, 6.07) is 5.10. The molecule has 0 fully saturated rings. The molecule has 0 spiro atoms. The van der Waals surface area contributed by atoms with Gasteiger partial charge in [0.15, 0.2) is 0 Å². The average molecular weight is 285 g/mol. The van der Waals surface area contributed by atoms with Gasteiger partial charge in [0, 0.05) is 17.8 Å². The topological polar surface area (TPSA) is 39.1 Å². The third-order valence-electron chi connectivity index (χ3n) is 3.38. The Balaban J connectivity index is 2.93. The standard InChI is InChI=1S/C14H18F3N3/c1-13(2,20(3)4)9-19-11-5-6-12(14(15,16)17)10(7-11)8-18/h5-7,19H,9H2,1-4H3. The van der Waals surface area contributed by atoms with Gasteiger partial charge in [-0.25, -0.2) is 0 Å². The zero-order chi connectivity index (χ0) is 15.6. The summed E-state index contributed by atoms with van der Waals surface area (Å²) in [7, 11) is 3.85. The summed E-state index contributed by atoms with van der Waals surface area (Å²) in [5.41, 5.74) is -0.928. The maximum Gasteiger partial charge on any atom is 0.417 e. The molecule has 1 rings (SSSR count). The van der Waals surface area contributed by atoms with E-state index in [0.29, 0.717) is 12.2 Å². The van der Waals surface area contributed by atoms with Crippen molar-refractivity contribution in [2.75, 3.05) is 26.0 Å². The number of alkyl halides is 3. The van der Waals surface area contributed by atoms with Crippen LogP contribution in [0.4, 0.5) is 18.9 Å². The number of anilines is 1. The number of benzene rings is 1. The Morgan fingerprint density at radius 2 is 1.85 bits per heavy atom. The fourth-order valence-electron chi connectivity index (χ4n) is 1.47. The van der Waals surface area contributed by atoms with Gasteiger partial charge in [-0.15, -0.1) is 0 Å². The van der Waals surface area contributed by atoms with Gasteiger partial charge >= 0.3 is 6.18 Å². The van der Waals surface area contributed by atoms with Crippen LogP contribution in [0.25, 0.3) is 0 Å². The molecular weight excluding hydrogens is 267 g/mol. The second-order valence-electron chi connectivity index (χ2n) is 5.43. The highest BCUT2D eigenvalue weighted by atomic mass is 19.4. The minimum Gasteiger partial charge on any atom is -0.383 e. The summed E-state index contributed by atoms with van der Waals surface area (Å²) in [5.74, 6) is 0. The van der Waals surface area contributed by atoms with Crippen LogP contribution in [0.5, 0.6) is 0 Å². The van der Waals surface area contributed by atoms with Crippen LogP contribution in [-0.2, 0) is 6.18 Å². The molecule has 0 bridgehead atoms. The summed E-state index contributed by atoms with van der Waals surface area (Å²) in [5, 5.41) is 11.9. The van der Waals surface area contributed by atoms with Gasteiger partial charge < -0.3 is 10.2 Å². The number of halogens is 3. The molecule has 6 heteroatoms. The summed E-state index contributed by atoms with van der Waals surface area (Å²) in [6.07, 6.45) is -4.51. The lowest BCUT2D eigenvalue weighted by Crippen LogP contribution is -2.44. The first-order valence-corrected chi connectivity index (χ1v) is 6.10. The van der Waals surface area contributed by atoms with E-state index < -0.39 is 11.7 Å². The largest absolute Gasteiger partial charge is 0.417 e. The molecule has 1 aromatic carbocycles. The molecule has 0 aliphatic rings. The number of rotatable bonds is 4. The molecule has 0 radical (unpaired) electrons.